The maximum atomic E-state index is 10.7. The fourth-order valence-electron chi connectivity index (χ4n) is 0.977. The van der Waals surface area contributed by atoms with Crippen LogP contribution in [-0.2, 0) is 0 Å². The summed E-state index contributed by atoms with van der Waals surface area (Å²) < 4.78 is 0. The van der Waals surface area contributed by atoms with E-state index in [1.165, 1.54) is 12.1 Å². The quantitative estimate of drug-likeness (QED) is 0.437. The summed E-state index contributed by atoms with van der Waals surface area (Å²) in [5.74, 6) is 0. The van der Waals surface area contributed by atoms with Crippen molar-refractivity contribution < 1.29 is 9.72 Å². The number of nitro groups is 1. The molecule has 0 spiro atoms. The fourth-order valence-corrected chi connectivity index (χ4v) is 0.977. The molecule has 1 aliphatic rings. The summed E-state index contributed by atoms with van der Waals surface area (Å²) in [6.45, 7) is 0. The highest BCUT2D eigenvalue weighted by atomic mass is 16.6. The second kappa shape index (κ2) is 2.44. The molecule has 0 aliphatic carbocycles. The number of hydrogen-bond acceptors (Lipinski definition) is 3. The molecule has 2 amide bonds. The van der Waals surface area contributed by atoms with Crippen molar-refractivity contribution in [1.82, 2.24) is 0 Å². The third-order valence-corrected chi connectivity index (χ3v) is 1.52. The zero-order valence-corrected chi connectivity index (χ0v) is 6.22. The van der Waals surface area contributed by atoms with Crippen molar-refractivity contribution in [1.29, 1.82) is 0 Å². The average molecular weight is 176 g/mol. The van der Waals surface area contributed by atoms with Crippen LogP contribution in [0.5, 0.6) is 0 Å². The van der Waals surface area contributed by atoms with Gasteiger partial charge >= 0.3 is 6.03 Å². The molecule has 0 unspecified atom stereocenters. The van der Waals surface area contributed by atoms with Crippen LogP contribution >= 0.6 is 0 Å². The molecule has 1 aliphatic heterocycles. The van der Waals surface area contributed by atoms with Gasteiger partial charge in [-0.1, -0.05) is 0 Å². The fraction of sp³-hybridized carbons (Fsp3) is 0. The molecule has 0 N–H and O–H groups in total. The molecule has 1 radical (unpaired) electrons. The number of rotatable bonds is 1. The van der Waals surface area contributed by atoms with Crippen LogP contribution < -0.4 is 10.7 Å². The van der Waals surface area contributed by atoms with Crippen LogP contribution in [0, 0.1) is 16.2 Å². The molecular weight excluding hydrogens is 174 g/mol. The van der Waals surface area contributed by atoms with Crippen molar-refractivity contribution in [2.24, 2.45) is 9.98 Å². The molecule has 0 saturated carbocycles. The van der Waals surface area contributed by atoms with Crippen LogP contribution in [0.2, 0.25) is 0 Å². The lowest BCUT2D eigenvalue weighted by molar-refractivity contribution is -0.385. The molecule has 63 valence electrons. The van der Waals surface area contributed by atoms with E-state index in [4.69, 9.17) is 0 Å². The second-order valence-electron chi connectivity index (χ2n) is 2.35. The first kappa shape index (κ1) is 7.53. The predicted molar refractivity (Wildman–Crippen MR) is 39.6 cm³/mol. The van der Waals surface area contributed by atoms with Gasteiger partial charge in [0.05, 0.1) is 16.3 Å². The summed E-state index contributed by atoms with van der Waals surface area (Å²) in [5, 5.41) is 10.9. The third-order valence-electron chi connectivity index (χ3n) is 1.52. The lowest BCUT2D eigenvalue weighted by Crippen LogP contribution is -2.21. The Morgan fingerprint density at radius 3 is 2.77 bits per heavy atom. The van der Waals surface area contributed by atoms with Crippen molar-refractivity contribution in [3.8, 4) is 0 Å². The van der Waals surface area contributed by atoms with E-state index in [0.29, 0.717) is 5.36 Å². The molecule has 1 aromatic rings. The van der Waals surface area contributed by atoms with E-state index in [2.05, 4.69) is 16.1 Å². The van der Waals surface area contributed by atoms with Gasteiger partial charge in [-0.25, -0.2) is 4.79 Å². The summed E-state index contributed by atoms with van der Waals surface area (Å²) in [6, 6.07) is 4.20. The average Bonchev–Trinajstić information content (AvgIpc) is 2.42. The molecule has 13 heavy (non-hydrogen) atoms. The van der Waals surface area contributed by atoms with Gasteiger partial charge in [-0.2, -0.15) is 9.98 Å². The highest BCUT2D eigenvalue weighted by Gasteiger charge is 2.10. The van der Waals surface area contributed by atoms with Gasteiger partial charge in [-0.05, 0) is 6.07 Å². The van der Waals surface area contributed by atoms with Crippen molar-refractivity contribution in [3.63, 3.8) is 0 Å². The molecule has 0 aromatic heterocycles. The number of hydrogen-bond donors (Lipinski definition) is 0. The van der Waals surface area contributed by atoms with Gasteiger partial charge in [0.25, 0.3) is 5.69 Å². The first-order valence-corrected chi connectivity index (χ1v) is 3.34. The van der Waals surface area contributed by atoms with E-state index in [9.17, 15) is 14.9 Å². The number of benzene rings is 1. The zero-order chi connectivity index (χ0) is 9.42. The third kappa shape index (κ3) is 1.18. The lowest BCUT2D eigenvalue weighted by Gasteiger charge is -1.85. The summed E-state index contributed by atoms with van der Waals surface area (Å²) in [7, 11) is 0. The molecule has 0 saturated heterocycles. The number of fused-ring (bicyclic) bond motifs is 1. The zero-order valence-electron chi connectivity index (χ0n) is 6.22. The van der Waals surface area contributed by atoms with Gasteiger partial charge in [-0.15, -0.1) is 0 Å². The monoisotopic (exact) mass is 176 g/mol. The Balaban J connectivity index is 2.73. The Morgan fingerprint density at radius 2 is 2.08 bits per heavy atom. The highest BCUT2D eigenvalue weighted by molar-refractivity contribution is 5.77. The number of urea groups is 1. The van der Waals surface area contributed by atoms with E-state index in [1.807, 2.05) is 0 Å². The van der Waals surface area contributed by atoms with E-state index >= 15 is 0 Å². The second-order valence-corrected chi connectivity index (χ2v) is 2.35. The highest BCUT2D eigenvalue weighted by Crippen LogP contribution is 2.02. The number of amides is 2. The Bertz CT molecular complexity index is 520. The predicted octanol–water partition coefficient (Wildman–Crippen LogP) is -0.232. The largest absolute Gasteiger partial charge is 0.368 e. The Morgan fingerprint density at radius 1 is 1.38 bits per heavy atom. The first-order chi connectivity index (χ1) is 6.16. The van der Waals surface area contributed by atoms with Gasteiger partial charge in [0.15, 0.2) is 0 Å². The molecule has 1 aromatic carbocycles. The molecule has 0 fully saturated rings. The van der Waals surface area contributed by atoms with Crippen LogP contribution in [0.25, 0.3) is 0 Å². The van der Waals surface area contributed by atoms with Gasteiger partial charge in [-0.3, -0.25) is 10.1 Å². The van der Waals surface area contributed by atoms with E-state index < -0.39 is 11.0 Å². The molecule has 1 heterocycles. The van der Waals surface area contributed by atoms with Gasteiger partial charge in [0.2, 0.25) is 0 Å². The number of non-ortho nitro benzene ring substituents is 1. The van der Waals surface area contributed by atoms with Gasteiger partial charge in [0.1, 0.15) is 5.36 Å². The first-order valence-electron chi connectivity index (χ1n) is 3.34. The van der Waals surface area contributed by atoms with Crippen LogP contribution in [0.4, 0.5) is 10.5 Å². The minimum atomic E-state index is -0.635. The number of carbonyl (C=O) groups is 1. The molecule has 0 atom stereocenters. The van der Waals surface area contributed by atoms with Crippen LogP contribution in [0.3, 0.4) is 0 Å². The summed E-state index contributed by atoms with van der Waals surface area (Å²) in [6.07, 6.45) is 0. The van der Waals surface area contributed by atoms with Crippen LogP contribution in [0.15, 0.2) is 22.1 Å². The number of nitrogens with zero attached hydrogens (tertiary/aromatic N) is 3. The molecule has 0 bridgehead atoms. The standard InChI is InChI=1S/C7H2N3O3/c11-7-8-5-2-1-4(10(12)13)3-6(5)9-7/h2-3H. The van der Waals surface area contributed by atoms with E-state index in [1.54, 1.807) is 0 Å². The Kier molecular flexibility index (Phi) is 1.42. The van der Waals surface area contributed by atoms with Crippen LogP contribution in [-0.4, -0.2) is 11.0 Å². The smallest absolute Gasteiger partial charge is 0.258 e. The minimum Gasteiger partial charge on any atom is -0.258 e. The lowest BCUT2D eigenvalue weighted by atomic mass is 10.3. The van der Waals surface area contributed by atoms with Crippen LogP contribution in [0.1, 0.15) is 0 Å². The van der Waals surface area contributed by atoms with Gasteiger partial charge in [0, 0.05) is 6.07 Å². The van der Waals surface area contributed by atoms with Crippen molar-refractivity contribution in [2.45, 2.75) is 0 Å². The minimum absolute atomic E-state index is 0.215. The maximum Gasteiger partial charge on any atom is 0.368 e. The van der Waals surface area contributed by atoms with Gasteiger partial charge < -0.3 is 0 Å². The molecule has 6 nitrogen and oxygen atoms in total. The summed E-state index contributed by atoms with van der Waals surface area (Å²) in [4.78, 5) is 27.3. The summed E-state index contributed by atoms with van der Waals surface area (Å²) >= 11 is 0. The van der Waals surface area contributed by atoms with Crippen molar-refractivity contribution in [2.75, 3.05) is 0 Å². The van der Waals surface area contributed by atoms with E-state index in [-0.39, 0.29) is 11.0 Å². The topological polar surface area (TPSA) is 84.9 Å². The van der Waals surface area contributed by atoms with Crippen molar-refractivity contribution in [3.05, 3.63) is 39.0 Å². The van der Waals surface area contributed by atoms with E-state index in [0.717, 1.165) is 0 Å². The molecular formula is C7H2N3O3. The maximum absolute atomic E-state index is 10.7. The number of nitro benzene ring substituents is 1. The molecule has 6 heteroatoms. The Labute approximate surface area is 71.4 Å². The van der Waals surface area contributed by atoms with Crippen molar-refractivity contribution >= 4 is 11.7 Å². The molecule has 2 rings (SSSR count). The Hall–Kier alpha value is -2.11. The SMILES string of the molecule is O=C1N=c2c[c]c([N+](=O)[O-])cc2=N1. The number of carbonyl (C=O) groups excluding carboxylic acids is 1. The normalized spacial score (nSPS) is 13.1. The summed E-state index contributed by atoms with van der Waals surface area (Å²) in [5.41, 5.74) is -0.215.